The highest BCUT2D eigenvalue weighted by molar-refractivity contribution is 7.80. The third-order valence-electron chi connectivity index (χ3n) is 5.87. The van der Waals surface area contributed by atoms with E-state index < -0.39 is 18.4 Å². The molecular weight excluding hydrogens is 422 g/mol. The Kier molecular flexibility index (Phi) is 6.64. The van der Waals surface area contributed by atoms with Gasteiger partial charge in [0, 0.05) is 6.04 Å². The first-order chi connectivity index (χ1) is 15.0. The summed E-state index contributed by atoms with van der Waals surface area (Å²) in [7, 11) is 0. The summed E-state index contributed by atoms with van der Waals surface area (Å²) in [4.78, 5) is 12.8. The predicted octanol–water partition coefficient (Wildman–Crippen LogP) is 3.69. The number of thiocarbonyl (C=S) groups is 1. The van der Waals surface area contributed by atoms with Gasteiger partial charge < -0.3 is 10.6 Å². The predicted molar refractivity (Wildman–Crippen MR) is 118 cm³/mol. The van der Waals surface area contributed by atoms with E-state index in [1.54, 1.807) is 0 Å². The molecule has 1 amide bonds. The lowest BCUT2D eigenvalue weighted by Crippen LogP contribution is -2.50. The number of carbonyl (C=O) groups is 1. The number of fused-ring (bicyclic) bond motifs is 1. The van der Waals surface area contributed by atoms with Crippen LogP contribution in [0.3, 0.4) is 0 Å². The molecule has 0 bridgehead atoms. The summed E-state index contributed by atoms with van der Waals surface area (Å²) >= 11 is 5.27. The van der Waals surface area contributed by atoms with E-state index in [4.69, 9.17) is 12.2 Å². The normalized spacial score (nSPS) is 21.1. The molecule has 31 heavy (non-hydrogen) atoms. The molecule has 2 atom stereocenters. The standard InChI is InChI=1S/C21H26F2N6OS/c22-18(23)17-11-16(13-7-3-1-4-8-13)26-19-15(12-24-29(17)19)20(30)27-28-21(31)25-14-9-5-2-6-10-14/h1,3-4,7-8,12,14,16-18,26H,2,5-6,9-11H2,(H,27,30)(H2,25,28,31)/t16-,17-/m0/s1. The van der Waals surface area contributed by atoms with E-state index >= 15 is 0 Å². The maximum absolute atomic E-state index is 13.7. The molecule has 7 nitrogen and oxygen atoms in total. The maximum atomic E-state index is 13.7. The number of alkyl halides is 2. The maximum Gasteiger partial charge on any atom is 0.275 e. The summed E-state index contributed by atoms with van der Waals surface area (Å²) in [5.74, 6) is -0.223. The molecule has 0 unspecified atom stereocenters. The highest BCUT2D eigenvalue weighted by Gasteiger charge is 2.36. The van der Waals surface area contributed by atoms with Crippen LogP contribution in [-0.2, 0) is 0 Å². The van der Waals surface area contributed by atoms with E-state index in [-0.39, 0.29) is 23.8 Å². The number of rotatable bonds is 4. The molecule has 2 aliphatic rings. The van der Waals surface area contributed by atoms with Gasteiger partial charge in [0.05, 0.1) is 12.2 Å². The molecule has 1 aliphatic heterocycles. The van der Waals surface area contributed by atoms with Crippen LogP contribution in [0.4, 0.5) is 14.6 Å². The number of amides is 1. The lowest BCUT2D eigenvalue weighted by atomic mass is 9.96. The first-order valence-electron chi connectivity index (χ1n) is 10.6. The summed E-state index contributed by atoms with van der Waals surface area (Å²) in [5.41, 5.74) is 6.32. The van der Waals surface area contributed by atoms with E-state index in [2.05, 4.69) is 26.6 Å². The number of hydrogen-bond acceptors (Lipinski definition) is 4. The van der Waals surface area contributed by atoms with E-state index in [9.17, 15) is 13.6 Å². The van der Waals surface area contributed by atoms with E-state index in [1.165, 1.54) is 17.3 Å². The van der Waals surface area contributed by atoms with Crippen molar-refractivity contribution >= 4 is 29.1 Å². The molecule has 4 N–H and O–H groups in total. The minimum absolute atomic E-state index is 0.172. The number of hydrazine groups is 1. The Bertz CT molecular complexity index is 916. The first kappa shape index (κ1) is 21.5. The zero-order valence-corrected chi connectivity index (χ0v) is 17.8. The van der Waals surface area contributed by atoms with Crippen molar-refractivity contribution in [2.45, 2.75) is 63.1 Å². The van der Waals surface area contributed by atoms with Crippen molar-refractivity contribution in [1.29, 1.82) is 0 Å². The lowest BCUT2D eigenvalue weighted by molar-refractivity contribution is 0.0656. The average molecular weight is 449 g/mol. The van der Waals surface area contributed by atoms with Crippen molar-refractivity contribution < 1.29 is 13.6 Å². The molecule has 1 fully saturated rings. The number of benzene rings is 1. The van der Waals surface area contributed by atoms with Gasteiger partial charge in [0.15, 0.2) is 5.11 Å². The molecule has 0 spiro atoms. The fourth-order valence-corrected chi connectivity index (χ4v) is 4.47. The molecule has 10 heteroatoms. The second kappa shape index (κ2) is 9.59. The number of anilines is 1. The zero-order valence-electron chi connectivity index (χ0n) is 17.0. The van der Waals surface area contributed by atoms with Crippen molar-refractivity contribution in [2.75, 3.05) is 5.32 Å². The minimum atomic E-state index is -2.60. The van der Waals surface area contributed by atoms with Gasteiger partial charge in [0.2, 0.25) is 0 Å². The van der Waals surface area contributed by atoms with Gasteiger partial charge in [-0.1, -0.05) is 49.6 Å². The zero-order chi connectivity index (χ0) is 21.8. The monoisotopic (exact) mass is 448 g/mol. The van der Waals surface area contributed by atoms with Crippen molar-refractivity contribution in [3.05, 3.63) is 47.7 Å². The molecule has 0 radical (unpaired) electrons. The number of nitrogens with one attached hydrogen (secondary N) is 4. The van der Waals surface area contributed by atoms with Crippen LogP contribution in [0, 0.1) is 0 Å². The molecule has 1 aliphatic carbocycles. The van der Waals surface area contributed by atoms with Gasteiger partial charge in [-0.25, -0.2) is 13.5 Å². The Labute approximate surface area is 184 Å². The third kappa shape index (κ3) is 4.95. The number of carbonyl (C=O) groups excluding carboxylic acids is 1. The number of aromatic nitrogens is 2. The van der Waals surface area contributed by atoms with Gasteiger partial charge in [-0.2, -0.15) is 5.10 Å². The highest BCUT2D eigenvalue weighted by Crippen LogP contribution is 2.39. The van der Waals surface area contributed by atoms with Crippen LogP contribution >= 0.6 is 12.2 Å². The molecule has 2 aromatic rings. The van der Waals surface area contributed by atoms with Gasteiger partial charge in [-0.15, -0.1) is 0 Å². The van der Waals surface area contributed by atoms with Crippen LogP contribution in [0.25, 0.3) is 0 Å². The molecule has 1 aromatic heterocycles. The van der Waals surface area contributed by atoms with E-state index in [0.29, 0.717) is 11.2 Å². The van der Waals surface area contributed by atoms with Crippen LogP contribution in [0.1, 0.15) is 66.5 Å². The lowest BCUT2D eigenvalue weighted by Gasteiger charge is -2.32. The summed E-state index contributed by atoms with van der Waals surface area (Å²) in [6, 6.07) is 8.18. The Morgan fingerprint density at radius 2 is 1.90 bits per heavy atom. The Morgan fingerprint density at radius 1 is 1.16 bits per heavy atom. The Morgan fingerprint density at radius 3 is 2.61 bits per heavy atom. The molecule has 166 valence electrons. The minimum Gasteiger partial charge on any atom is -0.363 e. The second-order valence-electron chi connectivity index (χ2n) is 7.98. The summed E-state index contributed by atoms with van der Waals surface area (Å²) in [5, 5.41) is 10.8. The molecule has 1 aromatic carbocycles. The molecule has 0 saturated heterocycles. The van der Waals surface area contributed by atoms with Gasteiger partial charge in [0.1, 0.15) is 17.4 Å². The van der Waals surface area contributed by atoms with Crippen molar-refractivity contribution in [3.63, 3.8) is 0 Å². The summed E-state index contributed by atoms with van der Waals surface area (Å²) in [6.07, 6.45) is 4.53. The summed E-state index contributed by atoms with van der Waals surface area (Å²) in [6.45, 7) is 0. The van der Waals surface area contributed by atoms with Crippen LogP contribution in [0.2, 0.25) is 0 Å². The van der Waals surface area contributed by atoms with Crippen LogP contribution < -0.4 is 21.5 Å². The van der Waals surface area contributed by atoms with E-state index in [0.717, 1.165) is 31.2 Å². The fourth-order valence-electron chi connectivity index (χ4n) is 4.25. The fraction of sp³-hybridized carbons (Fsp3) is 0.476. The van der Waals surface area contributed by atoms with Crippen molar-refractivity contribution in [3.8, 4) is 0 Å². The molecular formula is C21H26F2N6OS. The number of hydrogen-bond donors (Lipinski definition) is 4. The van der Waals surface area contributed by atoms with Gasteiger partial charge in [-0.05, 0) is 37.0 Å². The van der Waals surface area contributed by atoms with Crippen LogP contribution in [-0.4, -0.2) is 33.3 Å². The third-order valence-corrected chi connectivity index (χ3v) is 6.09. The van der Waals surface area contributed by atoms with Gasteiger partial charge in [-0.3, -0.25) is 15.6 Å². The molecule has 2 heterocycles. The molecule has 4 rings (SSSR count). The van der Waals surface area contributed by atoms with Gasteiger partial charge >= 0.3 is 0 Å². The van der Waals surface area contributed by atoms with Crippen molar-refractivity contribution in [1.82, 2.24) is 25.9 Å². The summed E-state index contributed by atoms with van der Waals surface area (Å²) < 4.78 is 28.7. The Balaban J connectivity index is 1.45. The second-order valence-corrected chi connectivity index (χ2v) is 8.39. The van der Waals surface area contributed by atoms with Crippen molar-refractivity contribution in [2.24, 2.45) is 0 Å². The van der Waals surface area contributed by atoms with Crippen LogP contribution in [0.15, 0.2) is 36.5 Å². The van der Waals surface area contributed by atoms with E-state index in [1.807, 2.05) is 30.3 Å². The molecule has 1 saturated carbocycles. The quantitative estimate of drug-likeness (QED) is 0.422. The highest BCUT2D eigenvalue weighted by atomic mass is 32.1. The smallest absolute Gasteiger partial charge is 0.275 e. The van der Waals surface area contributed by atoms with Crippen LogP contribution in [0.5, 0.6) is 0 Å². The number of halogens is 2. The first-order valence-corrected chi connectivity index (χ1v) is 11.0. The number of nitrogens with zero attached hydrogens (tertiary/aromatic N) is 2. The average Bonchev–Trinajstić information content (AvgIpc) is 3.22. The largest absolute Gasteiger partial charge is 0.363 e. The Hall–Kier alpha value is -2.75. The van der Waals surface area contributed by atoms with Gasteiger partial charge in [0.25, 0.3) is 12.3 Å². The SMILES string of the molecule is O=C(NNC(=S)NC1CCCCC1)c1cnn2c1N[C@H](c1ccccc1)C[C@H]2C(F)F. The topological polar surface area (TPSA) is 83.0 Å².